The molecule has 0 fully saturated rings. The lowest BCUT2D eigenvalue weighted by Crippen LogP contribution is -2.46. The number of phenols is 1. The van der Waals surface area contributed by atoms with Gasteiger partial charge in [-0.3, -0.25) is 0 Å². The average molecular weight is 266 g/mol. The molecule has 0 aliphatic heterocycles. The molecule has 0 saturated heterocycles. The lowest BCUT2D eigenvalue weighted by molar-refractivity contribution is -0.847. The van der Waals surface area contributed by atoms with Crippen molar-refractivity contribution in [3.8, 4) is 5.75 Å². The zero-order chi connectivity index (χ0) is 13.9. The van der Waals surface area contributed by atoms with Crippen molar-refractivity contribution in [2.45, 2.75) is 0 Å². The molecule has 2 aromatic carbocycles. The van der Waals surface area contributed by atoms with E-state index in [0.717, 1.165) is 10.9 Å². The van der Waals surface area contributed by atoms with Crippen LogP contribution in [0.2, 0.25) is 0 Å². The van der Waals surface area contributed by atoms with E-state index in [-0.39, 0.29) is 11.3 Å². The maximum Gasteiger partial charge on any atom is 0.414 e. The third-order valence-corrected chi connectivity index (χ3v) is 2.98. The summed E-state index contributed by atoms with van der Waals surface area (Å²) in [6, 6.07) is 17.6. The number of nitrogens with zero attached hydrogens (tertiary/aromatic N) is 1. The van der Waals surface area contributed by atoms with E-state index < -0.39 is 5.97 Å². The normalized spacial score (nSPS) is 10.4. The Morgan fingerprint density at radius 1 is 0.950 bits per heavy atom. The van der Waals surface area contributed by atoms with Gasteiger partial charge in [-0.15, -0.1) is 0 Å². The van der Waals surface area contributed by atoms with E-state index in [1.54, 1.807) is 24.4 Å². The third kappa shape index (κ3) is 2.19. The van der Waals surface area contributed by atoms with Crippen molar-refractivity contribution >= 4 is 16.9 Å². The highest BCUT2D eigenvalue weighted by Crippen LogP contribution is 2.15. The second kappa shape index (κ2) is 5.01. The van der Waals surface area contributed by atoms with Crippen molar-refractivity contribution < 1.29 is 19.5 Å². The van der Waals surface area contributed by atoms with Gasteiger partial charge in [-0.25, -0.2) is 4.79 Å². The fourth-order valence-corrected chi connectivity index (χ4v) is 2.00. The molecule has 0 bridgehead atoms. The molecule has 0 amide bonds. The lowest BCUT2D eigenvalue weighted by Gasteiger charge is -2.01. The standard InChI is InChI=1S/C16H11NO3/c18-15-10-4-2-8-13(15)16(19)20-17-11-5-7-12-6-1-3-9-14(12)17/h1-11H/p+1. The van der Waals surface area contributed by atoms with E-state index in [1.165, 1.54) is 16.9 Å². The van der Waals surface area contributed by atoms with Gasteiger partial charge in [-0.05, 0) is 24.3 Å². The number of carbonyl (C=O) groups is 1. The number of phenolic OH excluding ortho intramolecular Hbond substituents is 1. The third-order valence-electron chi connectivity index (χ3n) is 2.98. The molecular formula is C16H12NO3+. The summed E-state index contributed by atoms with van der Waals surface area (Å²) in [7, 11) is 0. The minimum absolute atomic E-state index is 0.0988. The Morgan fingerprint density at radius 3 is 2.50 bits per heavy atom. The van der Waals surface area contributed by atoms with Crippen LogP contribution in [0.5, 0.6) is 5.75 Å². The molecule has 4 heteroatoms. The van der Waals surface area contributed by atoms with Gasteiger partial charge in [0.15, 0.2) is 0 Å². The summed E-state index contributed by atoms with van der Waals surface area (Å²) in [5, 5.41) is 10.6. The van der Waals surface area contributed by atoms with Crippen LogP contribution >= 0.6 is 0 Å². The van der Waals surface area contributed by atoms with Crippen LogP contribution in [-0.2, 0) is 0 Å². The van der Waals surface area contributed by atoms with Gasteiger partial charge >= 0.3 is 5.97 Å². The molecular weight excluding hydrogens is 254 g/mol. The highest BCUT2D eigenvalue weighted by molar-refractivity contribution is 5.92. The summed E-state index contributed by atoms with van der Waals surface area (Å²) in [5.41, 5.74) is 0.909. The van der Waals surface area contributed by atoms with Gasteiger partial charge < -0.3 is 5.11 Å². The predicted octanol–water partition coefficient (Wildman–Crippen LogP) is 2.10. The van der Waals surface area contributed by atoms with Gasteiger partial charge in [0.05, 0.1) is 5.39 Å². The molecule has 4 nitrogen and oxygen atoms in total. The van der Waals surface area contributed by atoms with Gasteiger partial charge in [0.2, 0.25) is 6.20 Å². The van der Waals surface area contributed by atoms with Gasteiger partial charge in [0, 0.05) is 16.9 Å². The molecule has 1 heterocycles. The topological polar surface area (TPSA) is 50.4 Å². The molecule has 0 aliphatic carbocycles. The van der Waals surface area contributed by atoms with Crippen molar-refractivity contribution in [2.24, 2.45) is 0 Å². The highest BCUT2D eigenvalue weighted by atomic mass is 16.7. The second-order valence-corrected chi connectivity index (χ2v) is 4.29. The Labute approximate surface area is 115 Å². The van der Waals surface area contributed by atoms with Crippen LogP contribution in [0, 0.1) is 0 Å². The average Bonchev–Trinajstić information content (AvgIpc) is 2.48. The Morgan fingerprint density at radius 2 is 1.65 bits per heavy atom. The number of rotatable bonds is 2. The van der Waals surface area contributed by atoms with Gasteiger partial charge in [0.25, 0.3) is 5.52 Å². The van der Waals surface area contributed by atoms with Crippen LogP contribution in [0.25, 0.3) is 10.9 Å². The number of aromatic hydroxyl groups is 1. The molecule has 1 N–H and O–H groups in total. The highest BCUT2D eigenvalue weighted by Gasteiger charge is 2.19. The van der Waals surface area contributed by atoms with E-state index in [1.807, 2.05) is 30.3 Å². The van der Waals surface area contributed by atoms with Crippen LogP contribution in [0.1, 0.15) is 10.4 Å². The predicted molar refractivity (Wildman–Crippen MR) is 73.2 cm³/mol. The summed E-state index contributed by atoms with van der Waals surface area (Å²) < 4.78 is 1.39. The lowest BCUT2D eigenvalue weighted by atomic mass is 10.2. The van der Waals surface area contributed by atoms with Crippen molar-refractivity contribution in [3.05, 3.63) is 72.4 Å². The van der Waals surface area contributed by atoms with Crippen molar-refractivity contribution in [2.75, 3.05) is 0 Å². The zero-order valence-electron chi connectivity index (χ0n) is 10.6. The van der Waals surface area contributed by atoms with Gasteiger partial charge in [0.1, 0.15) is 11.3 Å². The number of fused-ring (bicyclic) bond motifs is 1. The summed E-state index contributed by atoms with van der Waals surface area (Å²) in [6.45, 7) is 0. The molecule has 98 valence electrons. The van der Waals surface area contributed by atoms with Crippen molar-refractivity contribution in [1.29, 1.82) is 0 Å². The number of aromatic nitrogens is 1. The number of benzene rings is 2. The van der Waals surface area contributed by atoms with Crippen molar-refractivity contribution in [3.63, 3.8) is 0 Å². The Balaban J connectivity index is 1.98. The van der Waals surface area contributed by atoms with E-state index in [9.17, 15) is 9.90 Å². The molecule has 1 aromatic heterocycles. The van der Waals surface area contributed by atoms with E-state index in [0.29, 0.717) is 0 Å². The van der Waals surface area contributed by atoms with E-state index in [4.69, 9.17) is 4.84 Å². The first-order valence-electron chi connectivity index (χ1n) is 6.16. The Bertz CT molecular complexity index is 778. The first-order valence-corrected chi connectivity index (χ1v) is 6.16. The quantitative estimate of drug-likeness (QED) is 0.723. The minimum atomic E-state index is -0.607. The van der Waals surface area contributed by atoms with Crippen LogP contribution < -0.4 is 9.57 Å². The summed E-state index contributed by atoms with van der Waals surface area (Å²) in [6.07, 6.45) is 1.65. The molecule has 0 atom stereocenters. The first kappa shape index (κ1) is 12.2. The van der Waals surface area contributed by atoms with Gasteiger partial charge in [-0.1, -0.05) is 24.3 Å². The number of hydrogen-bond donors (Lipinski definition) is 1. The van der Waals surface area contributed by atoms with Crippen LogP contribution in [0.3, 0.4) is 0 Å². The van der Waals surface area contributed by atoms with Gasteiger partial charge in [-0.2, -0.15) is 4.84 Å². The smallest absolute Gasteiger partial charge is 0.414 e. The summed E-state index contributed by atoms with van der Waals surface area (Å²) in [4.78, 5) is 17.4. The summed E-state index contributed by atoms with van der Waals surface area (Å²) >= 11 is 0. The maximum absolute atomic E-state index is 12.1. The number of pyridine rings is 1. The van der Waals surface area contributed by atoms with E-state index in [2.05, 4.69) is 0 Å². The summed E-state index contributed by atoms with van der Waals surface area (Å²) in [5.74, 6) is -0.706. The zero-order valence-corrected chi connectivity index (χ0v) is 10.6. The molecule has 3 aromatic rings. The molecule has 0 radical (unpaired) electrons. The first-order chi connectivity index (χ1) is 9.75. The van der Waals surface area contributed by atoms with Crippen LogP contribution in [-0.4, -0.2) is 11.1 Å². The Kier molecular flexibility index (Phi) is 3.05. The monoisotopic (exact) mass is 266 g/mol. The van der Waals surface area contributed by atoms with Crippen LogP contribution in [0.4, 0.5) is 0 Å². The van der Waals surface area contributed by atoms with Crippen LogP contribution in [0.15, 0.2) is 66.9 Å². The Hall–Kier alpha value is -2.88. The number of para-hydroxylation sites is 2. The number of hydrogen-bond acceptors (Lipinski definition) is 3. The maximum atomic E-state index is 12.1. The molecule has 20 heavy (non-hydrogen) atoms. The molecule has 0 spiro atoms. The molecule has 3 rings (SSSR count). The van der Waals surface area contributed by atoms with Crippen molar-refractivity contribution in [1.82, 2.24) is 0 Å². The van der Waals surface area contributed by atoms with E-state index >= 15 is 0 Å². The molecule has 0 aliphatic rings. The fraction of sp³-hybridized carbons (Fsp3) is 0. The number of carbonyl (C=O) groups excluding carboxylic acids is 1. The minimum Gasteiger partial charge on any atom is -0.507 e. The second-order valence-electron chi connectivity index (χ2n) is 4.29. The fourth-order valence-electron chi connectivity index (χ4n) is 2.00. The SMILES string of the molecule is O=C(O[n+]1cccc2ccccc21)c1ccccc1O. The molecule has 0 saturated carbocycles. The molecule has 0 unspecified atom stereocenters. The largest absolute Gasteiger partial charge is 0.507 e.